The number of halogens is 3. The van der Waals surface area contributed by atoms with Gasteiger partial charge in [0.25, 0.3) is 0 Å². The number of nitrogens with zero attached hydrogens (tertiary/aromatic N) is 1. The minimum atomic E-state index is -4.33. The van der Waals surface area contributed by atoms with Crippen LogP contribution in [-0.2, 0) is 6.18 Å². The lowest BCUT2D eigenvalue weighted by Gasteiger charge is -2.07. The first-order valence-electron chi connectivity index (χ1n) is 5.96. The highest BCUT2D eigenvalue weighted by molar-refractivity contribution is 7.14. The topological polar surface area (TPSA) is 38.1 Å². The minimum absolute atomic E-state index is 0.545. The highest BCUT2D eigenvalue weighted by Crippen LogP contribution is 2.31. The molecule has 0 aliphatic heterocycles. The van der Waals surface area contributed by atoms with Gasteiger partial charge in [0.15, 0.2) is 10.9 Å². The van der Waals surface area contributed by atoms with Crippen LogP contribution in [0.1, 0.15) is 5.56 Å². The van der Waals surface area contributed by atoms with Crippen molar-refractivity contribution in [1.82, 2.24) is 4.98 Å². The molecule has 0 atom stereocenters. The number of anilines is 2. The first-order chi connectivity index (χ1) is 10.0. The van der Waals surface area contributed by atoms with Crippen LogP contribution >= 0.6 is 11.3 Å². The predicted molar refractivity (Wildman–Crippen MR) is 74.5 cm³/mol. The molecule has 0 aliphatic rings. The summed E-state index contributed by atoms with van der Waals surface area (Å²) in [6.07, 6.45) is -2.77. The third-order valence-corrected chi connectivity index (χ3v) is 3.50. The summed E-state index contributed by atoms with van der Waals surface area (Å²) in [4.78, 5) is 4.31. The van der Waals surface area contributed by atoms with Gasteiger partial charge in [-0.15, -0.1) is 11.3 Å². The number of benzene rings is 1. The van der Waals surface area contributed by atoms with Crippen molar-refractivity contribution in [1.29, 1.82) is 0 Å². The molecule has 1 aromatic carbocycles. The van der Waals surface area contributed by atoms with Gasteiger partial charge in [0.05, 0.1) is 11.8 Å². The van der Waals surface area contributed by atoms with Crippen LogP contribution in [0.5, 0.6) is 0 Å². The maximum Gasteiger partial charge on any atom is 0.416 e. The van der Waals surface area contributed by atoms with Crippen LogP contribution in [0.25, 0.3) is 11.5 Å². The molecule has 3 rings (SSSR count). The molecular formula is C14H9F3N2OS. The standard InChI is InChI=1S/C14H9F3N2OS/c15-14(16,17)9-3-5-10(6-4-9)18-13-19-11(8-21-13)12-2-1-7-20-12/h1-8H,(H,18,19). The molecule has 3 nitrogen and oxygen atoms in total. The molecule has 21 heavy (non-hydrogen) atoms. The lowest BCUT2D eigenvalue weighted by molar-refractivity contribution is -0.137. The Morgan fingerprint density at radius 1 is 1.10 bits per heavy atom. The van der Waals surface area contributed by atoms with Crippen LogP contribution in [0.4, 0.5) is 24.0 Å². The van der Waals surface area contributed by atoms with E-state index in [4.69, 9.17) is 4.42 Å². The van der Waals surface area contributed by atoms with Crippen LogP contribution in [-0.4, -0.2) is 4.98 Å². The first kappa shape index (κ1) is 13.7. The van der Waals surface area contributed by atoms with Gasteiger partial charge in [-0.1, -0.05) is 0 Å². The predicted octanol–water partition coefficient (Wildman–Crippen LogP) is 5.17. The van der Waals surface area contributed by atoms with Gasteiger partial charge in [0, 0.05) is 11.1 Å². The molecule has 0 radical (unpaired) electrons. The highest BCUT2D eigenvalue weighted by Gasteiger charge is 2.29. The third kappa shape index (κ3) is 3.08. The Morgan fingerprint density at radius 2 is 1.86 bits per heavy atom. The summed E-state index contributed by atoms with van der Waals surface area (Å²) in [5.74, 6) is 0.645. The van der Waals surface area contributed by atoms with Crippen molar-refractivity contribution in [2.75, 3.05) is 5.32 Å². The van der Waals surface area contributed by atoms with Gasteiger partial charge in [0.1, 0.15) is 5.69 Å². The monoisotopic (exact) mass is 310 g/mol. The molecule has 0 saturated carbocycles. The fraction of sp³-hybridized carbons (Fsp3) is 0.0714. The van der Waals surface area contributed by atoms with Crippen molar-refractivity contribution in [2.45, 2.75) is 6.18 Å². The lowest BCUT2D eigenvalue weighted by atomic mass is 10.2. The van der Waals surface area contributed by atoms with Gasteiger partial charge in [-0.25, -0.2) is 4.98 Å². The molecule has 0 saturated heterocycles. The summed E-state index contributed by atoms with van der Waals surface area (Å²) in [6, 6.07) is 8.36. The second-order valence-corrected chi connectivity index (χ2v) is 5.07. The van der Waals surface area contributed by atoms with Gasteiger partial charge < -0.3 is 9.73 Å². The molecule has 0 fully saturated rings. The fourth-order valence-electron chi connectivity index (χ4n) is 1.73. The van der Waals surface area contributed by atoms with Crippen LogP contribution in [0, 0.1) is 0 Å². The number of rotatable bonds is 3. The number of furan rings is 1. The zero-order valence-corrected chi connectivity index (χ0v) is 11.3. The van der Waals surface area contributed by atoms with Gasteiger partial charge in [0.2, 0.25) is 0 Å². The molecule has 2 heterocycles. The van der Waals surface area contributed by atoms with Crippen LogP contribution in [0.3, 0.4) is 0 Å². The Hall–Kier alpha value is -2.28. The Labute approximate surface area is 122 Å². The maximum atomic E-state index is 12.5. The number of hydrogen-bond donors (Lipinski definition) is 1. The largest absolute Gasteiger partial charge is 0.463 e. The number of hydrogen-bond acceptors (Lipinski definition) is 4. The summed E-state index contributed by atoms with van der Waals surface area (Å²) in [5, 5.41) is 5.36. The Bertz CT molecular complexity index is 718. The quantitative estimate of drug-likeness (QED) is 0.725. The number of alkyl halides is 3. The van der Waals surface area contributed by atoms with Crippen molar-refractivity contribution in [3.05, 3.63) is 53.6 Å². The molecule has 1 N–H and O–H groups in total. The molecule has 7 heteroatoms. The summed E-state index contributed by atoms with van der Waals surface area (Å²) in [6.45, 7) is 0. The minimum Gasteiger partial charge on any atom is -0.463 e. The molecule has 0 unspecified atom stereocenters. The molecule has 0 amide bonds. The summed E-state index contributed by atoms with van der Waals surface area (Å²) in [7, 11) is 0. The molecule has 0 spiro atoms. The average Bonchev–Trinajstić information content (AvgIpc) is 3.08. The van der Waals surface area contributed by atoms with Crippen LogP contribution in [0.2, 0.25) is 0 Å². The van der Waals surface area contributed by atoms with E-state index >= 15 is 0 Å². The van der Waals surface area contributed by atoms with Crippen LogP contribution < -0.4 is 5.32 Å². The number of nitrogens with one attached hydrogen (secondary N) is 1. The number of thiazole rings is 1. The second-order valence-electron chi connectivity index (χ2n) is 4.22. The molecule has 3 aromatic rings. The second kappa shape index (κ2) is 5.25. The van der Waals surface area contributed by atoms with Gasteiger partial charge in [-0.3, -0.25) is 0 Å². The van der Waals surface area contributed by atoms with Crippen molar-refractivity contribution >= 4 is 22.2 Å². The zero-order chi connectivity index (χ0) is 14.9. The van der Waals surface area contributed by atoms with E-state index in [1.54, 1.807) is 18.4 Å². The molecule has 2 aromatic heterocycles. The SMILES string of the molecule is FC(F)(F)c1ccc(Nc2nc(-c3ccco3)cs2)cc1. The van der Waals surface area contributed by atoms with E-state index in [0.717, 1.165) is 12.1 Å². The van der Waals surface area contributed by atoms with Crippen molar-refractivity contribution in [2.24, 2.45) is 0 Å². The summed E-state index contributed by atoms with van der Waals surface area (Å²) in [5.41, 5.74) is 0.547. The molecule has 0 aliphatic carbocycles. The lowest BCUT2D eigenvalue weighted by Crippen LogP contribution is -2.04. The van der Waals surface area contributed by atoms with E-state index in [1.807, 2.05) is 5.38 Å². The third-order valence-electron chi connectivity index (χ3n) is 2.74. The van der Waals surface area contributed by atoms with E-state index in [1.165, 1.54) is 23.5 Å². The van der Waals surface area contributed by atoms with Gasteiger partial charge >= 0.3 is 6.18 Å². The smallest absolute Gasteiger partial charge is 0.416 e. The van der Waals surface area contributed by atoms with Crippen molar-refractivity contribution in [3.8, 4) is 11.5 Å². The first-order valence-corrected chi connectivity index (χ1v) is 6.84. The molecule has 108 valence electrons. The Morgan fingerprint density at radius 3 is 2.48 bits per heavy atom. The Balaban J connectivity index is 1.75. The average molecular weight is 310 g/mol. The van der Waals surface area contributed by atoms with Crippen LogP contribution in [0.15, 0.2) is 52.5 Å². The van der Waals surface area contributed by atoms with E-state index in [2.05, 4.69) is 10.3 Å². The zero-order valence-electron chi connectivity index (χ0n) is 10.5. The van der Waals surface area contributed by atoms with E-state index in [9.17, 15) is 13.2 Å². The highest BCUT2D eigenvalue weighted by atomic mass is 32.1. The summed E-state index contributed by atoms with van der Waals surface area (Å²) >= 11 is 1.35. The van der Waals surface area contributed by atoms with E-state index in [-0.39, 0.29) is 0 Å². The van der Waals surface area contributed by atoms with Crippen molar-refractivity contribution < 1.29 is 17.6 Å². The molecule has 0 bridgehead atoms. The van der Waals surface area contributed by atoms with E-state index in [0.29, 0.717) is 22.3 Å². The van der Waals surface area contributed by atoms with Gasteiger partial charge in [-0.2, -0.15) is 13.2 Å². The van der Waals surface area contributed by atoms with Crippen molar-refractivity contribution in [3.63, 3.8) is 0 Å². The van der Waals surface area contributed by atoms with Gasteiger partial charge in [-0.05, 0) is 36.4 Å². The summed E-state index contributed by atoms with van der Waals surface area (Å²) < 4.78 is 42.6. The normalized spacial score (nSPS) is 11.6. The Kier molecular flexibility index (Phi) is 3.42. The molecular weight excluding hydrogens is 301 g/mol. The fourth-order valence-corrected chi connectivity index (χ4v) is 2.45. The number of aromatic nitrogens is 1. The maximum absolute atomic E-state index is 12.5. The van der Waals surface area contributed by atoms with E-state index < -0.39 is 11.7 Å².